The summed E-state index contributed by atoms with van der Waals surface area (Å²) in [5.41, 5.74) is 0.996. The minimum atomic E-state index is -4.30. The number of hydrogen-bond acceptors (Lipinski definition) is 7. The quantitative estimate of drug-likeness (QED) is 0.0777. The standard InChI is InChI=1S/C32H56NO6PS/c1-3-5-6-7-8-9-10-11-12-13-14-15-16-17-23-36-27-32(37-22-4-2)28-38-40(34,35)39-31-20-18-19-30(25-31)26-33-21-24-41-29-33/h18-21,24-25,32H,3-17,22-23,26-29H2,1-2H3,(H,34,35). The molecular formula is C32H56NO6PS. The van der Waals surface area contributed by atoms with Crippen LogP contribution in [0.2, 0.25) is 0 Å². The van der Waals surface area contributed by atoms with Crippen LogP contribution in [0.1, 0.15) is 116 Å². The fraction of sp³-hybridized carbons (Fsp3) is 0.750. The molecule has 0 amide bonds. The minimum absolute atomic E-state index is 0.0675. The van der Waals surface area contributed by atoms with Gasteiger partial charge in [-0.3, -0.25) is 9.42 Å². The normalized spacial score (nSPS) is 15.3. The third-order valence-electron chi connectivity index (χ3n) is 7.04. The van der Waals surface area contributed by atoms with Crippen LogP contribution >= 0.6 is 19.6 Å². The minimum Gasteiger partial charge on any atom is -0.404 e. The molecular weight excluding hydrogens is 557 g/mol. The van der Waals surface area contributed by atoms with E-state index in [1.165, 1.54) is 83.5 Å². The molecule has 1 aromatic carbocycles. The van der Waals surface area contributed by atoms with E-state index in [1.54, 1.807) is 23.9 Å². The van der Waals surface area contributed by atoms with Crippen LogP contribution in [0.5, 0.6) is 5.75 Å². The van der Waals surface area contributed by atoms with Gasteiger partial charge in [0.25, 0.3) is 0 Å². The Morgan fingerprint density at radius 3 is 2.15 bits per heavy atom. The van der Waals surface area contributed by atoms with Crippen LogP contribution in [0, 0.1) is 0 Å². The lowest BCUT2D eigenvalue weighted by Gasteiger charge is -2.20. The monoisotopic (exact) mass is 613 g/mol. The molecule has 7 nitrogen and oxygen atoms in total. The van der Waals surface area contributed by atoms with Gasteiger partial charge in [0.05, 0.1) is 19.1 Å². The number of rotatable bonds is 27. The maximum absolute atomic E-state index is 12.6. The summed E-state index contributed by atoms with van der Waals surface area (Å²) in [6.45, 7) is 6.47. The molecule has 0 bridgehead atoms. The van der Waals surface area contributed by atoms with Gasteiger partial charge >= 0.3 is 7.82 Å². The Balaban J connectivity index is 1.54. The molecule has 0 saturated carbocycles. The number of nitrogens with zero attached hydrogens (tertiary/aromatic N) is 1. The number of phosphoric acid groups is 1. The topological polar surface area (TPSA) is 77.5 Å². The van der Waals surface area contributed by atoms with E-state index in [2.05, 4.69) is 17.2 Å². The number of thioether (sulfide) groups is 1. The fourth-order valence-electron chi connectivity index (χ4n) is 4.72. The Kier molecular flexibility index (Phi) is 20.7. The molecule has 0 aromatic heterocycles. The van der Waals surface area contributed by atoms with Crippen LogP contribution in [0.3, 0.4) is 0 Å². The van der Waals surface area contributed by atoms with E-state index in [-0.39, 0.29) is 6.61 Å². The summed E-state index contributed by atoms with van der Waals surface area (Å²) < 4.78 is 34.9. The lowest BCUT2D eigenvalue weighted by Crippen LogP contribution is -2.26. The van der Waals surface area contributed by atoms with E-state index >= 15 is 0 Å². The molecule has 1 aliphatic heterocycles. The zero-order valence-electron chi connectivity index (χ0n) is 25.7. The Bertz CT molecular complexity index is 857. The van der Waals surface area contributed by atoms with Gasteiger partial charge in [0.2, 0.25) is 0 Å². The van der Waals surface area contributed by atoms with Crippen molar-refractivity contribution >= 4 is 19.6 Å². The molecule has 0 fully saturated rings. The molecule has 0 aliphatic carbocycles. The largest absolute Gasteiger partial charge is 0.527 e. The molecule has 1 aromatic rings. The summed E-state index contributed by atoms with van der Waals surface area (Å²) in [7, 11) is -4.30. The predicted molar refractivity (Wildman–Crippen MR) is 171 cm³/mol. The Morgan fingerprint density at radius 1 is 0.878 bits per heavy atom. The van der Waals surface area contributed by atoms with Gasteiger partial charge < -0.3 is 18.9 Å². The van der Waals surface area contributed by atoms with Crippen molar-refractivity contribution in [3.63, 3.8) is 0 Å². The first-order chi connectivity index (χ1) is 20.0. The predicted octanol–water partition coefficient (Wildman–Crippen LogP) is 9.45. The van der Waals surface area contributed by atoms with Crippen molar-refractivity contribution < 1.29 is 28.0 Å². The van der Waals surface area contributed by atoms with E-state index in [9.17, 15) is 9.46 Å². The van der Waals surface area contributed by atoms with Crippen molar-refractivity contribution in [2.75, 3.05) is 32.3 Å². The number of phosphoric ester groups is 1. The van der Waals surface area contributed by atoms with Gasteiger partial charge in [-0.25, -0.2) is 4.57 Å². The van der Waals surface area contributed by atoms with E-state index in [0.29, 0.717) is 32.1 Å². The van der Waals surface area contributed by atoms with Crippen molar-refractivity contribution in [1.29, 1.82) is 0 Å². The van der Waals surface area contributed by atoms with Crippen LogP contribution in [0.4, 0.5) is 0 Å². The highest BCUT2D eigenvalue weighted by molar-refractivity contribution is 8.02. The molecule has 0 spiro atoms. The molecule has 2 unspecified atom stereocenters. The summed E-state index contributed by atoms with van der Waals surface area (Å²) in [4.78, 5) is 12.5. The lowest BCUT2D eigenvalue weighted by molar-refractivity contribution is -0.0413. The average molecular weight is 614 g/mol. The van der Waals surface area contributed by atoms with Gasteiger partial charge in [0, 0.05) is 26.0 Å². The van der Waals surface area contributed by atoms with E-state index in [4.69, 9.17) is 18.5 Å². The third kappa shape index (κ3) is 19.0. The second-order valence-corrected chi connectivity index (χ2v) is 13.2. The number of ether oxygens (including phenoxy) is 2. The Labute approximate surface area is 254 Å². The average Bonchev–Trinajstić information content (AvgIpc) is 3.47. The van der Waals surface area contributed by atoms with Crippen LogP contribution in [-0.2, 0) is 25.1 Å². The highest BCUT2D eigenvalue weighted by atomic mass is 32.2. The smallest absolute Gasteiger partial charge is 0.404 e. The van der Waals surface area contributed by atoms with E-state index in [1.807, 2.05) is 25.3 Å². The zero-order chi connectivity index (χ0) is 29.4. The Morgan fingerprint density at radius 2 is 1.54 bits per heavy atom. The maximum Gasteiger partial charge on any atom is 0.527 e. The van der Waals surface area contributed by atoms with Gasteiger partial charge in [-0.15, -0.1) is 11.8 Å². The van der Waals surface area contributed by atoms with E-state index in [0.717, 1.165) is 24.3 Å². The van der Waals surface area contributed by atoms with Gasteiger partial charge in [-0.1, -0.05) is 109 Å². The SMILES string of the molecule is CCCCCCCCCCCCCCCCOCC(COP(=O)(O)Oc1cccc(CN2C=CSC2)c1)OCCC. The zero-order valence-corrected chi connectivity index (χ0v) is 27.4. The van der Waals surface area contributed by atoms with Crippen LogP contribution in [-0.4, -0.2) is 48.2 Å². The summed E-state index contributed by atoms with van der Waals surface area (Å²) in [6, 6.07) is 7.22. The molecule has 2 rings (SSSR count). The second kappa shape index (κ2) is 23.4. The highest BCUT2D eigenvalue weighted by Crippen LogP contribution is 2.44. The summed E-state index contributed by atoms with van der Waals surface area (Å²) in [5, 5.41) is 2.05. The molecule has 1 heterocycles. The van der Waals surface area contributed by atoms with Crippen LogP contribution in [0.15, 0.2) is 35.9 Å². The fourth-order valence-corrected chi connectivity index (χ4v) is 6.22. The summed E-state index contributed by atoms with van der Waals surface area (Å²) in [5.74, 6) is 1.21. The molecule has 2 atom stereocenters. The maximum atomic E-state index is 12.6. The number of hydrogen-bond donors (Lipinski definition) is 1. The van der Waals surface area contributed by atoms with Gasteiger partial charge in [-0.2, -0.15) is 0 Å². The van der Waals surface area contributed by atoms with Crippen molar-refractivity contribution in [2.24, 2.45) is 0 Å². The molecule has 1 N–H and O–H groups in total. The number of benzene rings is 1. The first-order valence-electron chi connectivity index (χ1n) is 16.0. The molecule has 236 valence electrons. The van der Waals surface area contributed by atoms with Crippen LogP contribution < -0.4 is 4.52 Å². The summed E-state index contributed by atoms with van der Waals surface area (Å²) >= 11 is 1.73. The Hall–Kier alpha value is -1.02. The second-order valence-electron chi connectivity index (χ2n) is 11.0. The van der Waals surface area contributed by atoms with E-state index < -0.39 is 13.9 Å². The first-order valence-corrected chi connectivity index (χ1v) is 18.5. The highest BCUT2D eigenvalue weighted by Gasteiger charge is 2.26. The lowest BCUT2D eigenvalue weighted by atomic mass is 10.0. The first kappa shape index (κ1) is 36.2. The number of unbranched alkanes of at least 4 members (excludes halogenated alkanes) is 13. The molecule has 9 heteroatoms. The molecule has 0 radical (unpaired) electrons. The van der Waals surface area contributed by atoms with Gasteiger partial charge in [0.15, 0.2) is 0 Å². The van der Waals surface area contributed by atoms with Gasteiger partial charge in [0.1, 0.15) is 11.9 Å². The van der Waals surface area contributed by atoms with Crippen LogP contribution in [0.25, 0.3) is 0 Å². The van der Waals surface area contributed by atoms with Crippen molar-refractivity contribution in [2.45, 2.75) is 123 Å². The summed E-state index contributed by atoms with van der Waals surface area (Å²) in [6.07, 6.45) is 21.0. The van der Waals surface area contributed by atoms with Crippen molar-refractivity contribution in [3.05, 3.63) is 41.4 Å². The molecule has 0 saturated heterocycles. The van der Waals surface area contributed by atoms with Crippen molar-refractivity contribution in [3.8, 4) is 5.75 Å². The third-order valence-corrected chi connectivity index (χ3v) is 8.75. The molecule has 41 heavy (non-hydrogen) atoms. The van der Waals surface area contributed by atoms with Gasteiger partial charge in [-0.05, 0) is 35.9 Å². The molecule has 1 aliphatic rings. The van der Waals surface area contributed by atoms with Crippen molar-refractivity contribution in [1.82, 2.24) is 4.90 Å².